The van der Waals surface area contributed by atoms with Gasteiger partial charge >= 0.3 is 0 Å². The van der Waals surface area contributed by atoms with Gasteiger partial charge in [-0.25, -0.2) is 0 Å². The first kappa shape index (κ1) is 14.7. The van der Waals surface area contributed by atoms with Crippen LogP contribution in [-0.2, 0) is 4.79 Å². The summed E-state index contributed by atoms with van der Waals surface area (Å²) >= 11 is 0. The van der Waals surface area contributed by atoms with E-state index in [1.54, 1.807) is 0 Å². The maximum Gasteiger partial charge on any atom is 0.234 e. The van der Waals surface area contributed by atoms with Crippen molar-refractivity contribution in [2.24, 2.45) is 0 Å². The Balaban J connectivity index is 2.42. The summed E-state index contributed by atoms with van der Waals surface area (Å²) in [6.07, 6.45) is 1.03. The van der Waals surface area contributed by atoms with Crippen LogP contribution in [0.3, 0.4) is 0 Å². The van der Waals surface area contributed by atoms with Crippen molar-refractivity contribution in [3.63, 3.8) is 0 Å². The molecule has 1 rings (SSSR count). The number of rotatable bonds is 6. The molecule has 1 aromatic carbocycles. The predicted octanol–water partition coefficient (Wildman–Crippen LogP) is 2.56. The van der Waals surface area contributed by atoms with Crippen molar-refractivity contribution < 1.29 is 4.79 Å². The maximum atomic E-state index is 11.7. The molecule has 3 heteroatoms. The lowest BCUT2D eigenvalue weighted by Gasteiger charge is -2.16. The van der Waals surface area contributed by atoms with Crippen LogP contribution in [0.25, 0.3) is 0 Å². The van der Waals surface area contributed by atoms with Crippen molar-refractivity contribution in [2.45, 2.75) is 46.2 Å². The molecule has 0 fully saturated rings. The summed E-state index contributed by atoms with van der Waals surface area (Å²) in [6, 6.07) is 8.68. The number of nitrogens with one attached hydrogen (secondary N) is 2. The number of hydrogen-bond acceptors (Lipinski definition) is 2. The Morgan fingerprint density at radius 2 is 1.83 bits per heavy atom. The van der Waals surface area contributed by atoms with Crippen LogP contribution in [0.1, 0.15) is 44.4 Å². The zero-order valence-corrected chi connectivity index (χ0v) is 11.8. The van der Waals surface area contributed by atoms with E-state index >= 15 is 0 Å². The SMILES string of the molecule is CCC(C)NCC(=O)NC(C)c1ccc(C)cc1. The van der Waals surface area contributed by atoms with E-state index in [2.05, 4.69) is 55.7 Å². The van der Waals surface area contributed by atoms with Gasteiger partial charge in [-0.3, -0.25) is 4.79 Å². The third kappa shape index (κ3) is 4.88. The summed E-state index contributed by atoms with van der Waals surface area (Å²) < 4.78 is 0. The van der Waals surface area contributed by atoms with E-state index in [1.165, 1.54) is 5.56 Å². The highest BCUT2D eigenvalue weighted by Crippen LogP contribution is 2.12. The first-order chi connectivity index (χ1) is 8.52. The molecule has 0 spiro atoms. The number of amides is 1. The fourth-order valence-corrected chi connectivity index (χ4v) is 1.64. The fraction of sp³-hybridized carbons (Fsp3) is 0.533. The molecule has 2 unspecified atom stereocenters. The predicted molar refractivity (Wildman–Crippen MR) is 75.5 cm³/mol. The van der Waals surface area contributed by atoms with Gasteiger partial charge in [0.05, 0.1) is 12.6 Å². The van der Waals surface area contributed by atoms with Crippen molar-refractivity contribution in [3.8, 4) is 0 Å². The van der Waals surface area contributed by atoms with Crippen LogP contribution in [-0.4, -0.2) is 18.5 Å². The highest BCUT2D eigenvalue weighted by Gasteiger charge is 2.09. The number of benzene rings is 1. The monoisotopic (exact) mass is 248 g/mol. The molecule has 0 saturated heterocycles. The lowest BCUT2D eigenvalue weighted by atomic mass is 10.1. The highest BCUT2D eigenvalue weighted by molar-refractivity contribution is 5.78. The minimum absolute atomic E-state index is 0.0448. The molecule has 0 radical (unpaired) electrons. The zero-order chi connectivity index (χ0) is 13.5. The maximum absolute atomic E-state index is 11.7. The summed E-state index contributed by atoms with van der Waals surface area (Å²) in [4.78, 5) is 11.7. The summed E-state index contributed by atoms with van der Waals surface area (Å²) in [5, 5.41) is 6.18. The lowest BCUT2D eigenvalue weighted by Crippen LogP contribution is -2.38. The molecular formula is C15H24N2O. The van der Waals surface area contributed by atoms with Crippen LogP contribution in [0.15, 0.2) is 24.3 Å². The average molecular weight is 248 g/mol. The molecule has 0 aliphatic carbocycles. The van der Waals surface area contributed by atoms with E-state index in [0.717, 1.165) is 12.0 Å². The molecule has 1 amide bonds. The van der Waals surface area contributed by atoms with Crippen molar-refractivity contribution >= 4 is 5.91 Å². The van der Waals surface area contributed by atoms with Crippen LogP contribution in [0.4, 0.5) is 0 Å². The average Bonchev–Trinajstić information content (AvgIpc) is 2.36. The Morgan fingerprint density at radius 3 is 2.39 bits per heavy atom. The topological polar surface area (TPSA) is 41.1 Å². The van der Waals surface area contributed by atoms with Crippen LogP contribution < -0.4 is 10.6 Å². The first-order valence-electron chi connectivity index (χ1n) is 6.62. The summed E-state index contributed by atoms with van der Waals surface area (Å²) in [7, 11) is 0. The Kier molecular flexibility index (Phi) is 5.86. The van der Waals surface area contributed by atoms with Gasteiger partial charge in [-0.15, -0.1) is 0 Å². The molecule has 0 saturated carbocycles. The van der Waals surface area contributed by atoms with E-state index in [0.29, 0.717) is 12.6 Å². The molecule has 0 heterocycles. The second-order valence-corrected chi connectivity index (χ2v) is 4.89. The highest BCUT2D eigenvalue weighted by atomic mass is 16.1. The van der Waals surface area contributed by atoms with Crippen molar-refractivity contribution in [1.29, 1.82) is 0 Å². The molecule has 2 N–H and O–H groups in total. The zero-order valence-electron chi connectivity index (χ0n) is 11.8. The van der Waals surface area contributed by atoms with Gasteiger partial charge in [-0.2, -0.15) is 0 Å². The van der Waals surface area contributed by atoms with Gasteiger partial charge in [0, 0.05) is 6.04 Å². The second-order valence-electron chi connectivity index (χ2n) is 4.89. The van der Waals surface area contributed by atoms with Crippen LogP contribution in [0.5, 0.6) is 0 Å². The fourth-order valence-electron chi connectivity index (χ4n) is 1.64. The van der Waals surface area contributed by atoms with Crippen molar-refractivity contribution in [3.05, 3.63) is 35.4 Å². The van der Waals surface area contributed by atoms with Crippen LogP contribution in [0.2, 0.25) is 0 Å². The third-order valence-electron chi connectivity index (χ3n) is 3.18. The van der Waals surface area contributed by atoms with Gasteiger partial charge < -0.3 is 10.6 Å². The Morgan fingerprint density at radius 1 is 1.22 bits per heavy atom. The number of carbonyl (C=O) groups is 1. The molecular weight excluding hydrogens is 224 g/mol. The summed E-state index contributed by atoms with van der Waals surface area (Å²) in [5.41, 5.74) is 2.37. The molecule has 0 aliphatic rings. The first-order valence-corrected chi connectivity index (χ1v) is 6.62. The standard InChI is InChI=1S/C15H24N2O/c1-5-12(3)16-10-15(18)17-13(4)14-8-6-11(2)7-9-14/h6-9,12-13,16H,5,10H2,1-4H3,(H,17,18). The normalized spacial score (nSPS) is 14.0. The molecule has 0 bridgehead atoms. The van der Waals surface area contributed by atoms with Gasteiger partial charge in [0.25, 0.3) is 0 Å². The molecule has 0 aromatic heterocycles. The number of hydrogen-bond donors (Lipinski definition) is 2. The summed E-state index contributed by atoms with van der Waals surface area (Å²) in [5.74, 6) is 0.0448. The molecule has 100 valence electrons. The van der Waals surface area contributed by atoms with Crippen LogP contribution in [0, 0.1) is 6.92 Å². The molecule has 1 aromatic rings. The molecule has 3 nitrogen and oxygen atoms in total. The van der Waals surface area contributed by atoms with E-state index in [1.807, 2.05) is 6.92 Å². The largest absolute Gasteiger partial charge is 0.348 e. The second kappa shape index (κ2) is 7.17. The van der Waals surface area contributed by atoms with Gasteiger partial charge in [-0.05, 0) is 32.8 Å². The lowest BCUT2D eigenvalue weighted by molar-refractivity contribution is -0.121. The summed E-state index contributed by atoms with van der Waals surface area (Å²) in [6.45, 7) is 8.63. The van der Waals surface area contributed by atoms with Crippen molar-refractivity contribution in [2.75, 3.05) is 6.54 Å². The van der Waals surface area contributed by atoms with E-state index < -0.39 is 0 Å². The smallest absolute Gasteiger partial charge is 0.234 e. The molecule has 0 aliphatic heterocycles. The Hall–Kier alpha value is -1.35. The van der Waals surface area contributed by atoms with Crippen molar-refractivity contribution in [1.82, 2.24) is 10.6 Å². The third-order valence-corrected chi connectivity index (χ3v) is 3.18. The minimum Gasteiger partial charge on any atom is -0.348 e. The quantitative estimate of drug-likeness (QED) is 0.812. The van der Waals surface area contributed by atoms with Gasteiger partial charge in [-0.1, -0.05) is 36.8 Å². The number of aryl methyl sites for hydroxylation is 1. The molecule has 2 atom stereocenters. The van der Waals surface area contributed by atoms with Gasteiger partial charge in [0.15, 0.2) is 0 Å². The van der Waals surface area contributed by atoms with E-state index in [4.69, 9.17) is 0 Å². The van der Waals surface area contributed by atoms with E-state index in [9.17, 15) is 4.79 Å². The van der Waals surface area contributed by atoms with Gasteiger partial charge in [0.1, 0.15) is 0 Å². The van der Waals surface area contributed by atoms with Crippen LogP contribution >= 0.6 is 0 Å². The van der Waals surface area contributed by atoms with E-state index in [-0.39, 0.29) is 11.9 Å². The Labute approximate surface area is 110 Å². The minimum atomic E-state index is 0.0448. The Bertz CT molecular complexity index is 373. The molecule has 18 heavy (non-hydrogen) atoms. The van der Waals surface area contributed by atoms with Gasteiger partial charge in [0.2, 0.25) is 5.91 Å². The number of carbonyl (C=O) groups excluding carboxylic acids is 1.